The first kappa shape index (κ1) is 20.1. The van der Waals surface area contributed by atoms with Gasteiger partial charge in [0.1, 0.15) is 0 Å². The van der Waals surface area contributed by atoms with Crippen molar-refractivity contribution in [2.75, 3.05) is 44.6 Å². The van der Waals surface area contributed by atoms with Crippen LogP contribution in [0.4, 0.5) is 5.82 Å². The summed E-state index contributed by atoms with van der Waals surface area (Å²) in [5.74, 6) is -0.490. The van der Waals surface area contributed by atoms with Crippen molar-refractivity contribution < 1.29 is 14.4 Å². The van der Waals surface area contributed by atoms with Crippen molar-refractivity contribution in [2.45, 2.75) is 6.54 Å². The highest BCUT2D eigenvalue weighted by Gasteiger charge is 2.24. The van der Waals surface area contributed by atoms with Crippen molar-refractivity contribution in [3.8, 4) is 11.3 Å². The molecule has 1 saturated heterocycles. The molecule has 1 aromatic heterocycles. The summed E-state index contributed by atoms with van der Waals surface area (Å²) in [6, 6.07) is 19.7. The first-order valence-corrected chi connectivity index (χ1v) is 10.2. The highest BCUT2D eigenvalue weighted by molar-refractivity contribution is 5.99. The number of piperazine rings is 1. The summed E-state index contributed by atoms with van der Waals surface area (Å²) < 4.78 is 5.34. The molecular formula is C23H26N4O3. The fourth-order valence-electron chi connectivity index (χ4n) is 3.74. The molecule has 1 aliphatic rings. The number of carbonyl (C=O) groups is 1. The lowest BCUT2D eigenvalue weighted by atomic mass is 10.1. The van der Waals surface area contributed by atoms with E-state index in [-0.39, 0.29) is 17.1 Å². The normalized spacial score (nSPS) is 15.2. The van der Waals surface area contributed by atoms with Crippen molar-refractivity contribution in [1.82, 2.24) is 15.0 Å². The van der Waals surface area contributed by atoms with Crippen molar-refractivity contribution >= 4 is 11.8 Å². The number of aromatic carboxylic acids is 1. The maximum Gasteiger partial charge on any atom is 0.343 e. The van der Waals surface area contributed by atoms with Crippen molar-refractivity contribution in [3.63, 3.8) is 0 Å². The van der Waals surface area contributed by atoms with Gasteiger partial charge in [0.15, 0.2) is 17.1 Å². The molecule has 7 heteroatoms. The number of benzene rings is 2. The van der Waals surface area contributed by atoms with E-state index in [4.69, 9.17) is 4.52 Å². The Balaban J connectivity index is 1.28. The van der Waals surface area contributed by atoms with Crippen LogP contribution in [-0.4, -0.2) is 65.3 Å². The predicted octanol–water partition coefficient (Wildman–Crippen LogP) is 3.27. The Kier molecular flexibility index (Phi) is 6.41. The Morgan fingerprint density at radius 2 is 1.60 bits per heavy atom. The summed E-state index contributed by atoms with van der Waals surface area (Å²) in [5.41, 5.74) is 2.12. The SMILES string of the molecule is O=C(O)c1c(NCCN2CCN(Cc3ccccc3)CC2)noc1-c1ccccc1. The number of nitrogens with one attached hydrogen (secondary N) is 1. The quantitative estimate of drug-likeness (QED) is 0.594. The molecule has 7 nitrogen and oxygen atoms in total. The number of hydrogen-bond acceptors (Lipinski definition) is 6. The lowest BCUT2D eigenvalue weighted by Gasteiger charge is -2.34. The van der Waals surface area contributed by atoms with Gasteiger partial charge >= 0.3 is 5.97 Å². The molecule has 156 valence electrons. The van der Waals surface area contributed by atoms with Crippen LogP contribution in [0, 0.1) is 0 Å². The number of anilines is 1. The zero-order valence-electron chi connectivity index (χ0n) is 16.8. The molecule has 0 unspecified atom stereocenters. The number of hydrogen-bond donors (Lipinski definition) is 2. The Morgan fingerprint density at radius 3 is 2.27 bits per heavy atom. The molecule has 2 heterocycles. The van der Waals surface area contributed by atoms with Gasteiger partial charge in [0.05, 0.1) is 0 Å². The van der Waals surface area contributed by atoms with E-state index in [0.717, 1.165) is 39.3 Å². The third-order valence-corrected chi connectivity index (χ3v) is 5.38. The molecule has 0 bridgehead atoms. The van der Waals surface area contributed by atoms with Gasteiger partial charge in [0.2, 0.25) is 0 Å². The molecule has 1 aliphatic heterocycles. The minimum Gasteiger partial charge on any atom is -0.477 e. The summed E-state index contributed by atoms with van der Waals surface area (Å²) in [7, 11) is 0. The second-order valence-corrected chi connectivity index (χ2v) is 7.44. The van der Waals surface area contributed by atoms with Crippen molar-refractivity contribution in [1.29, 1.82) is 0 Å². The van der Waals surface area contributed by atoms with E-state index in [1.165, 1.54) is 5.56 Å². The molecule has 0 radical (unpaired) electrons. The molecule has 2 N–H and O–H groups in total. The molecule has 0 saturated carbocycles. The van der Waals surface area contributed by atoms with Crippen LogP contribution in [0.1, 0.15) is 15.9 Å². The van der Waals surface area contributed by atoms with E-state index in [2.05, 4.69) is 44.5 Å². The molecule has 3 aromatic rings. The van der Waals surface area contributed by atoms with Crippen LogP contribution in [0.3, 0.4) is 0 Å². The van der Waals surface area contributed by atoms with Gasteiger partial charge in [-0.25, -0.2) is 4.79 Å². The number of nitrogens with zero attached hydrogens (tertiary/aromatic N) is 3. The molecule has 4 rings (SSSR count). The summed E-state index contributed by atoms with van der Waals surface area (Å²) in [4.78, 5) is 16.6. The highest BCUT2D eigenvalue weighted by Crippen LogP contribution is 2.29. The van der Waals surface area contributed by atoms with E-state index in [1.807, 2.05) is 36.4 Å². The van der Waals surface area contributed by atoms with Gasteiger partial charge in [-0.2, -0.15) is 0 Å². The monoisotopic (exact) mass is 406 g/mol. The Bertz CT molecular complexity index is 951. The summed E-state index contributed by atoms with van der Waals surface area (Å²) in [6.07, 6.45) is 0. The van der Waals surface area contributed by atoms with Crippen LogP contribution >= 0.6 is 0 Å². The number of carboxylic acid groups (broad SMARTS) is 1. The largest absolute Gasteiger partial charge is 0.477 e. The predicted molar refractivity (Wildman–Crippen MR) is 116 cm³/mol. The molecular weight excluding hydrogens is 380 g/mol. The zero-order valence-corrected chi connectivity index (χ0v) is 16.8. The summed E-state index contributed by atoms with van der Waals surface area (Å²) in [5, 5.41) is 16.7. The average molecular weight is 406 g/mol. The molecule has 0 amide bonds. The maximum atomic E-state index is 11.8. The molecule has 1 fully saturated rings. The van der Waals surface area contributed by atoms with Gasteiger partial charge in [-0.1, -0.05) is 65.8 Å². The second-order valence-electron chi connectivity index (χ2n) is 7.44. The minimum atomic E-state index is -1.05. The molecule has 0 aliphatic carbocycles. The third kappa shape index (κ3) is 4.87. The van der Waals surface area contributed by atoms with Crippen molar-refractivity contribution in [2.24, 2.45) is 0 Å². The minimum absolute atomic E-state index is 0.0777. The Labute approximate surface area is 175 Å². The van der Waals surface area contributed by atoms with E-state index in [1.54, 1.807) is 0 Å². The second kappa shape index (κ2) is 9.56. The van der Waals surface area contributed by atoms with Crippen LogP contribution in [0.2, 0.25) is 0 Å². The third-order valence-electron chi connectivity index (χ3n) is 5.38. The number of aromatic nitrogens is 1. The van der Waals surface area contributed by atoms with Gasteiger partial charge in [0.25, 0.3) is 0 Å². The Hall–Kier alpha value is -3.16. The highest BCUT2D eigenvalue weighted by atomic mass is 16.5. The summed E-state index contributed by atoms with van der Waals surface area (Å²) >= 11 is 0. The maximum absolute atomic E-state index is 11.8. The van der Waals surface area contributed by atoms with E-state index < -0.39 is 5.97 Å². The fourth-order valence-corrected chi connectivity index (χ4v) is 3.74. The first-order chi connectivity index (χ1) is 14.7. The first-order valence-electron chi connectivity index (χ1n) is 10.2. The average Bonchev–Trinajstić information content (AvgIpc) is 3.21. The topological polar surface area (TPSA) is 81.8 Å². The molecule has 30 heavy (non-hydrogen) atoms. The smallest absolute Gasteiger partial charge is 0.343 e. The van der Waals surface area contributed by atoms with Crippen LogP contribution < -0.4 is 5.32 Å². The van der Waals surface area contributed by atoms with Crippen molar-refractivity contribution in [3.05, 3.63) is 71.8 Å². The van der Waals surface area contributed by atoms with Gasteiger partial charge in [-0.05, 0) is 5.56 Å². The standard InChI is InChI=1S/C23H26N4O3/c28-23(29)20-21(19-9-5-2-6-10-19)30-25-22(20)24-11-12-26-13-15-27(16-14-26)17-18-7-3-1-4-8-18/h1-10H,11-17H2,(H,24,25)(H,28,29). The van der Waals surface area contributed by atoms with Crippen LogP contribution in [-0.2, 0) is 6.54 Å². The van der Waals surface area contributed by atoms with E-state index in [0.29, 0.717) is 12.1 Å². The molecule has 0 atom stereocenters. The van der Waals surface area contributed by atoms with E-state index in [9.17, 15) is 9.90 Å². The van der Waals surface area contributed by atoms with E-state index >= 15 is 0 Å². The Morgan fingerprint density at radius 1 is 0.967 bits per heavy atom. The van der Waals surface area contributed by atoms with Crippen LogP contribution in [0.5, 0.6) is 0 Å². The molecule has 0 spiro atoms. The summed E-state index contributed by atoms with van der Waals surface area (Å²) in [6.45, 7) is 6.46. The molecule has 2 aromatic carbocycles. The lowest BCUT2D eigenvalue weighted by Crippen LogP contribution is -2.47. The lowest BCUT2D eigenvalue weighted by molar-refractivity contribution is 0.0698. The van der Waals surface area contributed by atoms with Gasteiger partial charge < -0.3 is 14.9 Å². The van der Waals surface area contributed by atoms with Gasteiger partial charge in [-0.3, -0.25) is 9.80 Å². The van der Waals surface area contributed by atoms with Gasteiger partial charge in [0, 0.05) is 51.4 Å². The zero-order chi connectivity index (χ0) is 20.8. The number of carboxylic acids is 1. The fraction of sp³-hybridized carbons (Fsp3) is 0.304. The van der Waals surface area contributed by atoms with Crippen LogP contribution in [0.15, 0.2) is 65.2 Å². The van der Waals surface area contributed by atoms with Crippen LogP contribution in [0.25, 0.3) is 11.3 Å². The van der Waals surface area contributed by atoms with Gasteiger partial charge in [-0.15, -0.1) is 0 Å². The number of rotatable bonds is 8.